The molecule has 130 valence electrons. The SMILES string of the molecule is CC(C)=C1N=C2NC(=O)C[C@@H](C(=O)Nc3ccc4c(c3)OCO4)N2N1. The van der Waals surface area contributed by atoms with Crippen LogP contribution in [0.5, 0.6) is 11.5 Å². The number of guanidine groups is 1. The van der Waals surface area contributed by atoms with Gasteiger partial charge in [0, 0.05) is 11.8 Å². The van der Waals surface area contributed by atoms with E-state index in [-0.39, 0.29) is 25.0 Å². The average molecular weight is 343 g/mol. The molecule has 1 saturated heterocycles. The number of benzene rings is 1. The van der Waals surface area contributed by atoms with E-state index in [0.29, 0.717) is 29.0 Å². The first-order valence-electron chi connectivity index (χ1n) is 7.83. The van der Waals surface area contributed by atoms with Crippen LogP contribution in [0.2, 0.25) is 0 Å². The van der Waals surface area contributed by atoms with Crippen LogP contribution >= 0.6 is 0 Å². The molecule has 3 N–H and O–H groups in total. The highest BCUT2D eigenvalue weighted by Crippen LogP contribution is 2.34. The molecular weight excluding hydrogens is 326 g/mol. The van der Waals surface area contributed by atoms with Crippen molar-refractivity contribution in [2.24, 2.45) is 4.99 Å². The Hall–Kier alpha value is -3.23. The van der Waals surface area contributed by atoms with Crippen LogP contribution < -0.4 is 25.5 Å². The lowest BCUT2D eigenvalue weighted by Gasteiger charge is -2.32. The van der Waals surface area contributed by atoms with Gasteiger partial charge in [0.15, 0.2) is 11.5 Å². The number of anilines is 1. The van der Waals surface area contributed by atoms with Crippen LogP contribution in [0.3, 0.4) is 0 Å². The van der Waals surface area contributed by atoms with Gasteiger partial charge in [0.1, 0.15) is 11.9 Å². The van der Waals surface area contributed by atoms with Crippen molar-refractivity contribution in [2.75, 3.05) is 12.1 Å². The number of amides is 2. The van der Waals surface area contributed by atoms with Crippen LogP contribution in [-0.2, 0) is 9.59 Å². The smallest absolute Gasteiger partial charge is 0.249 e. The molecule has 0 radical (unpaired) electrons. The second-order valence-corrected chi connectivity index (χ2v) is 6.09. The van der Waals surface area contributed by atoms with Gasteiger partial charge in [-0.25, -0.2) is 5.01 Å². The summed E-state index contributed by atoms with van der Waals surface area (Å²) in [7, 11) is 0. The summed E-state index contributed by atoms with van der Waals surface area (Å²) in [4.78, 5) is 28.9. The van der Waals surface area contributed by atoms with Crippen LogP contribution in [0.25, 0.3) is 0 Å². The maximum Gasteiger partial charge on any atom is 0.249 e. The van der Waals surface area contributed by atoms with Crippen molar-refractivity contribution >= 4 is 23.5 Å². The van der Waals surface area contributed by atoms with Gasteiger partial charge in [0.2, 0.25) is 24.6 Å². The highest BCUT2D eigenvalue weighted by Gasteiger charge is 2.39. The van der Waals surface area contributed by atoms with E-state index in [4.69, 9.17) is 9.47 Å². The van der Waals surface area contributed by atoms with Gasteiger partial charge in [-0.3, -0.25) is 20.3 Å². The fraction of sp³-hybridized carbons (Fsp3) is 0.312. The number of hydrazine groups is 1. The molecule has 1 fully saturated rings. The first-order valence-corrected chi connectivity index (χ1v) is 7.83. The lowest BCUT2D eigenvalue weighted by molar-refractivity contribution is -0.129. The van der Waals surface area contributed by atoms with E-state index < -0.39 is 6.04 Å². The molecule has 0 bridgehead atoms. The van der Waals surface area contributed by atoms with Gasteiger partial charge >= 0.3 is 0 Å². The highest BCUT2D eigenvalue weighted by atomic mass is 16.7. The first kappa shape index (κ1) is 15.3. The molecule has 25 heavy (non-hydrogen) atoms. The number of hydrogen-bond donors (Lipinski definition) is 3. The standard InChI is InChI=1S/C16H17N5O4/c1-8(2)14-19-16-18-13(22)6-10(21(16)20-14)15(23)17-9-3-4-11-12(5-9)25-7-24-11/h3-5,10,20H,6-7H2,1-2H3,(H,17,23)(H,18,19,22)/t10-/m0/s1. The fourth-order valence-electron chi connectivity index (χ4n) is 2.74. The third kappa shape index (κ3) is 2.73. The zero-order chi connectivity index (χ0) is 17.6. The van der Waals surface area contributed by atoms with Gasteiger partial charge in [0.05, 0.1) is 6.42 Å². The quantitative estimate of drug-likeness (QED) is 0.729. The molecule has 1 atom stereocenters. The Labute approximate surface area is 143 Å². The number of hydrogen-bond acceptors (Lipinski definition) is 7. The summed E-state index contributed by atoms with van der Waals surface area (Å²) in [5, 5.41) is 7.06. The molecule has 0 saturated carbocycles. The maximum atomic E-state index is 12.7. The van der Waals surface area contributed by atoms with Crippen LogP contribution in [0.4, 0.5) is 5.69 Å². The van der Waals surface area contributed by atoms with Crippen molar-refractivity contribution in [3.63, 3.8) is 0 Å². The monoisotopic (exact) mass is 343 g/mol. The molecule has 0 aromatic heterocycles. The molecule has 0 aliphatic carbocycles. The van der Waals surface area contributed by atoms with Crippen molar-refractivity contribution in [2.45, 2.75) is 26.3 Å². The van der Waals surface area contributed by atoms with Crippen molar-refractivity contribution in [1.29, 1.82) is 0 Å². The summed E-state index contributed by atoms with van der Waals surface area (Å²) >= 11 is 0. The Kier molecular flexibility index (Phi) is 3.48. The van der Waals surface area contributed by atoms with Crippen molar-refractivity contribution in [3.05, 3.63) is 29.6 Å². The lowest BCUT2D eigenvalue weighted by atomic mass is 10.1. The molecule has 1 aromatic rings. The van der Waals surface area contributed by atoms with E-state index in [1.54, 1.807) is 23.2 Å². The van der Waals surface area contributed by atoms with Gasteiger partial charge < -0.3 is 14.8 Å². The minimum Gasteiger partial charge on any atom is -0.454 e. The molecule has 4 rings (SSSR count). The predicted octanol–water partition coefficient (Wildman–Crippen LogP) is 0.670. The molecule has 3 heterocycles. The van der Waals surface area contributed by atoms with Crippen LogP contribution in [-0.4, -0.2) is 35.6 Å². The van der Waals surface area contributed by atoms with Crippen LogP contribution in [0.15, 0.2) is 34.6 Å². The van der Waals surface area contributed by atoms with Crippen molar-refractivity contribution in [1.82, 2.24) is 15.8 Å². The second kappa shape index (κ2) is 5.69. The molecule has 3 aliphatic rings. The summed E-state index contributed by atoms with van der Waals surface area (Å²) in [5.41, 5.74) is 4.58. The number of nitrogens with one attached hydrogen (secondary N) is 3. The normalized spacial score (nSPS) is 20.5. The van der Waals surface area contributed by atoms with Gasteiger partial charge in [-0.05, 0) is 31.6 Å². The minimum atomic E-state index is -0.713. The Balaban J connectivity index is 1.54. The zero-order valence-corrected chi connectivity index (χ0v) is 13.8. The summed E-state index contributed by atoms with van der Waals surface area (Å²) in [6, 6.07) is 4.43. The number of nitrogens with zero attached hydrogens (tertiary/aromatic N) is 2. The first-order chi connectivity index (χ1) is 12.0. The van der Waals surface area contributed by atoms with Gasteiger partial charge in [0.25, 0.3) is 0 Å². The summed E-state index contributed by atoms with van der Waals surface area (Å²) in [5.74, 6) is 1.60. The van der Waals surface area contributed by atoms with E-state index in [0.717, 1.165) is 5.57 Å². The molecular formula is C16H17N5O4. The van der Waals surface area contributed by atoms with Crippen molar-refractivity contribution < 1.29 is 19.1 Å². The highest BCUT2D eigenvalue weighted by molar-refractivity contribution is 6.07. The van der Waals surface area contributed by atoms with Crippen LogP contribution in [0, 0.1) is 0 Å². The number of aliphatic imine (C=N–C) groups is 1. The molecule has 0 spiro atoms. The Bertz CT molecular complexity index is 828. The summed E-state index contributed by atoms with van der Waals surface area (Å²) < 4.78 is 10.6. The lowest BCUT2D eigenvalue weighted by Crippen LogP contribution is -2.61. The van der Waals surface area contributed by atoms with Gasteiger partial charge in [-0.1, -0.05) is 0 Å². The number of carbonyl (C=O) groups is 2. The molecule has 9 heteroatoms. The third-order valence-corrected chi connectivity index (χ3v) is 4.03. The van der Waals surface area contributed by atoms with E-state index in [1.165, 1.54) is 0 Å². The molecule has 3 aliphatic heterocycles. The van der Waals surface area contributed by atoms with E-state index in [1.807, 2.05) is 13.8 Å². The Morgan fingerprint density at radius 3 is 2.92 bits per heavy atom. The number of ether oxygens (including phenoxy) is 2. The second-order valence-electron chi connectivity index (χ2n) is 6.09. The van der Waals surface area contributed by atoms with E-state index in [9.17, 15) is 9.59 Å². The van der Waals surface area contributed by atoms with Gasteiger partial charge in [-0.2, -0.15) is 4.99 Å². The molecule has 1 aromatic carbocycles. The zero-order valence-electron chi connectivity index (χ0n) is 13.8. The topological polar surface area (TPSA) is 104 Å². The van der Waals surface area contributed by atoms with Crippen LogP contribution in [0.1, 0.15) is 20.3 Å². The molecule has 9 nitrogen and oxygen atoms in total. The third-order valence-electron chi connectivity index (χ3n) is 4.03. The maximum absolute atomic E-state index is 12.7. The number of carbonyl (C=O) groups excluding carboxylic acids is 2. The van der Waals surface area contributed by atoms with Crippen molar-refractivity contribution in [3.8, 4) is 11.5 Å². The fourth-order valence-corrected chi connectivity index (χ4v) is 2.74. The number of fused-ring (bicyclic) bond motifs is 2. The average Bonchev–Trinajstić information content (AvgIpc) is 3.19. The Morgan fingerprint density at radius 1 is 1.32 bits per heavy atom. The minimum absolute atomic E-state index is 0.0262. The summed E-state index contributed by atoms with van der Waals surface area (Å²) in [6.45, 7) is 3.96. The predicted molar refractivity (Wildman–Crippen MR) is 88.5 cm³/mol. The van der Waals surface area contributed by atoms with Gasteiger partial charge in [-0.15, -0.1) is 0 Å². The number of allylic oxidation sites excluding steroid dienone is 1. The Morgan fingerprint density at radius 2 is 2.12 bits per heavy atom. The number of rotatable bonds is 2. The van der Waals surface area contributed by atoms with E-state index >= 15 is 0 Å². The van der Waals surface area contributed by atoms with E-state index in [2.05, 4.69) is 21.1 Å². The largest absolute Gasteiger partial charge is 0.454 e. The summed E-state index contributed by atoms with van der Waals surface area (Å²) in [6.07, 6.45) is 0.0262. The molecule has 2 amide bonds. The molecule has 0 unspecified atom stereocenters.